The molecule has 112 valence electrons. The summed E-state index contributed by atoms with van der Waals surface area (Å²) in [4.78, 5) is 11.8. The first-order valence-electron chi connectivity index (χ1n) is 5.69. The van der Waals surface area contributed by atoms with E-state index < -0.39 is 17.6 Å². The number of nitrogens with one attached hydrogen (secondary N) is 1. The van der Waals surface area contributed by atoms with Gasteiger partial charge < -0.3 is 11.1 Å². The lowest BCUT2D eigenvalue weighted by atomic mass is 10.2. The zero-order chi connectivity index (χ0) is 15.6. The third-order valence-corrected chi connectivity index (χ3v) is 2.93. The summed E-state index contributed by atoms with van der Waals surface area (Å²) in [5.74, 6) is -0.510. The molecule has 2 rings (SSSR count). The van der Waals surface area contributed by atoms with Crippen molar-refractivity contribution >= 4 is 33.2 Å². The topological polar surface area (TPSA) is 72.9 Å². The highest BCUT2D eigenvalue weighted by molar-refractivity contribution is 9.10. The molecule has 0 atom stereocenters. The molecule has 0 saturated carbocycles. The molecule has 0 spiro atoms. The average molecular weight is 363 g/mol. The molecule has 0 bridgehead atoms. The monoisotopic (exact) mass is 362 g/mol. The Balaban J connectivity index is 2.12. The van der Waals surface area contributed by atoms with Crippen LogP contribution in [0, 0.1) is 0 Å². The average Bonchev–Trinajstić information content (AvgIpc) is 2.72. The lowest BCUT2D eigenvalue weighted by Crippen LogP contribution is -2.19. The second-order valence-corrected chi connectivity index (χ2v) is 5.16. The molecular weight excluding hydrogens is 353 g/mol. The van der Waals surface area contributed by atoms with Crippen LogP contribution in [-0.4, -0.2) is 15.7 Å². The Labute approximate surface area is 126 Å². The molecule has 0 saturated heterocycles. The number of nitrogens with zero attached hydrogens (tertiary/aromatic N) is 2. The van der Waals surface area contributed by atoms with Crippen molar-refractivity contribution in [3.63, 3.8) is 0 Å². The lowest BCUT2D eigenvalue weighted by Gasteiger charge is -2.11. The lowest BCUT2D eigenvalue weighted by molar-refractivity contribution is -0.137. The summed E-state index contributed by atoms with van der Waals surface area (Å²) >= 11 is 2.98. The number of nitrogens with two attached hydrogens (primary N) is 1. The van der Waals surface area contributed by atoms with E-state index in [1.54, 1.807) is 0 Å². The molecule has 0 unspecified atom stereocenters. The number of halogens is 4. The van der Waals surface area contributed by atoms with E-state index in [1.165, 1.54) is 23.1 Å². The second kappa shape index (κ2) is 5.76. The molecule has 9 heteroatoms. The van der Waals surface area contributed by atoms with Gasteiger partial charge >= 0.3 is 6.18 Å². The highest BCUT2D eigenvalue weighted by Crippen LogP contribution is 2.33. The SMILES string of the molecule is Nc1cnn(CC(=O)Nc2cc(Br)cc(C(F)(F)F)c2)c1. The highest BCUT2D eigenvalue weighted by atomic mass is 79.9. The van der Waals surface area contributed by atoms with E-state index in [4.69, 9.17) is 5.73 Å². The Bertz CT molecular complexity index is 669. The summed E-state index contributed by atoms with van der Waals surface area (Å²) in [5.41, 5.74) is 5.03. The van der Waals surface area contributed by atoms with Gasteiger partial charge in [-0.25, -0.2) is 0 Å². The first kappa shape index (κ1) is 15.4. The molecule has 1 aromatic heterocycles. The van der Waals surface area contributed by atoms with Crippen molar-refractivity contribution in [2.45, 2.75) is 12.7 Å². The van der Waals surface area contributed by atoms with Gasteiger partial charge in [-0.15, -0.1) is 0 Å². The molecule has 1 aromatic carbocycles. The fraction of sp³-hybridized carbons (Fsp3) is 0.167. The summed E-state index contributed by atoms with van der Waals surface area (Å²) in [7, 11) is 0. The number of nitrogen functional groups attached to an aromatic ring is 1. The largest absolute Gasteiger partial charge is 0.416 e. The Morgan fingerprint density at radius 3 is 2.67 bits per heavy atom. The quantitative estimate of drug-likeness (QED) is 0.881. The number of benzene rings is 1. The molecule has 0 aliphatic rings. The summed E-state index contributed by atoms with van der Waals surface area (Å²) in [5, 5.41) is 6.20. The minimum atomic E-state index is -4.49. The molecular formula is C12H10BrF3N4O. The van der Waals surface area contributed by atoms with Gasteiger partial charge in [0.2, 0.25) is 5.91 Å². The molecule has 0 aliphatic carbocycles. The van der Waals surface area contributed by atoms with Crippen molar-refractivity contribution in [3.8, 4) is 0 Å². The summed E-state index contributed by atoms with van der Waals surface area (Å²) in [6, 6.07) is 3.18. The molecule has 0 radical (unpaired) electrons. The first-order valence-corrected chi connectivity index (χ1v) is 6.49. The Morgan fingerprint density at radius 1 is 1.38 bits per heavy atom. The smallest absolute Gasteiger partial charge is 0.396 e. The Hall–Kier alpha value is -2.03. The Kier molecular flexibility index (Phi) is 4.21. The van der Waals surface area contributed by atoms with E-state index in [0.717, 1.165) is 12.1 Å². The van der Waals surface area contributed by atoms with Gasteiger partial charge in [-0.05, 0) is 18.2 Å². The standard InChI is InChI=1S/C12H10BrF3N4O/c13-8-1-7(12(14,15)16)2-10(3-8)19-11(21)6-20-5-9(17)4-18-20/h1-5H,6,17H2,(H,19,21). The third-order valence-electron chi connectivity index (χ3n) is 2.47. The number of aromatic nitrogens is 2. The van der Waals surface area contributed by atoms with Crippen LogP contribution in [0.25, 0.3) is 0 Å². The van der Waals surface area contributed by atoms with Gasteiger partial charge in [0.05, 0.1) is 17.4 Å². The normalized spacial score (nSPS) is 11.4. The molecule has 2 aromatic rings. The van der Waals surface area contributed by atoms with Crippen molar-refractivity contribution in [2.75, 3.05) is 11.1 Å². The van der Waals surface area contributed by atoms with Gasteiger partial charge in [-0.2, -0.15) is 18.3 Å². The van der Waals surface area contributed by atoms with E-state index in [-0.39, 0.29) is 16.7 Å². The third kappa shape index (κ3) is 4.22. The van der Waals surface area contributed by atoms with Gasteiger partial charge in [0.25, 0.3) is 0 Å². The molecule has 3 N–H and O–H groups in total. The van der Waals surface area contributed by atoms with E-state index >= 15 is 0 Å². The van der Waals surface area contributed by atoms with Crippen LogP contribution in [-0.2, 0) is 17.5 Å². The zero-order valence-corrected chi connectivity index (χ0v) is 12.1. The van der Waals surface area contributed by atoms with Crippen LogP contribution in [0.15, 0.2) is 35.1 Å². The maximum atomic E-state index is 12.7. The number of anilines is 2. The molecule has 0 fully saturated rings. The van der Waals surface area contributed by atoms with Gasteiger partial charge in [0.1, 0.15) is 6.54 Å². The van der Waals surface area contributed by atoms with Crippen LogP contribution in [0.4, 0.5) is 24.5 Å². The Morgan fingerprint density at radius 2 is 2.10 bits per heavy atom. The van der Waals surface area contributed by atoms with Crippen LogP contribution >= 0.6 is 15.9 Å². The number of rotatable bonds is 3. The first-order chi connectivity index (χ1) is 9.74. The zero-order valence-electron chi connectivity index (χ0n) is 10.5. The van der Waals surface area contributed by atoms with Gasteiger partial charge in [0.15, 0.2) is 0 Å². The highest BCUT2D eigenvalue weighted by Gasteiger charge is 2.31. The predicted molar refractivity (Wildman–Crippen MR) is 74.4 cm³/mol. The van der Waals surface area contributed by atoms with Crippen LogP contribution in [0.3, 0.4) is 0 Å². The number of carbonyl (C=O) groups is 1. The number of carbonyl (C=O) groups excluding carboxylic acids is 1. The van der Waals surface area contributed by atoms with Crippen LogP contribution in [0.5, 0.6) is 0 Å². The van der Waals surface area contributed by atoms with E-state index in [0.29, 0.717) is 5.69 Å². The summed E-state index contributed by atoms with van der Waals surface area (Å²) in [6.07, 6.45) is -1.67. The second-order valence-electron chi connectivity index (χ2n) is 4.25. The maximum absolute atomic E-state index is 12.7. The van der Waals surface area contributed by atoms with Gasteiger partial charge in [0, 0.05) is 16.4 Å². The van der Waals surface area contributed by atoms with Crippen molar-refractivity contribution in [1.82, 2.24) is 9.78 Å². The minimum Gasteiger partial charge on any atom is -0.396 e. The molecule has 5 nitrogen and oxygen atoms in total. The van der Waals surface area contributed by atoms with Crippen molar-refractivity contribution in [3.05, 3.63) is 40.6 Å². The van der Waals surface area contributed by atoms with Crippen LogP contribution < -0.4 is 11.1 Å². The van der Waals surface area contributed by atoms with Crippen LogP contribution in [0.2, 0.25) is 0 Å². The maximum Gasteiger partial charge on any atom is 0.416 e. The molecule has 0 aliphatic heterocycles. The minimum absolute atomic E-state index is 0.0434. The summed E-state index contributed by atoms with van der Waals surface area (Å²) < 4.78 is 39.5. The van der Waals surface area contributed by atoms with E-state index in [9.17, 15) is 18.0 Å². The van der Waals surface area contributed by atoms with Gasteiger partial charge in [-0.1, -0.05) is 15.9 Å². The van der Waals surface area contributed by atoms with E-state index in [2.05, 4.69) is 26.3 Å². The van der Waals surface area contributed by atoms with Gasteiger partial charge in [-0.3, -0.25) is 9.48 Å². The molecule has 1 amide bonds. The number of amides is 1. The van der Waals surface area contributed by atoms with Crippen LogP contribution in [0.1, 0.15) is 5.56 Å². The fourth-order valence-corrected chi connectivity index (χ4v) is 2.13. The molecule has 21 heavy (non-hydrogen) atoms. The molecule has 1 heterocycles. The van der Waals surface area contributed by atoms with Crippen molar-refractivity contribution in [2.24, 2.45) is 0 Å². The van der Waals surface area contributed by atoms with Crippen molar-refractivity contribution in [1.29, 1.82) is 0 Å². The number of alkyl halides is 3. The van der Waals surface area contributed by atoms with Crippen molar-refractivity contribution < 1.29 is 18.0 Å². The predicted octanol–water partition coefficient (Wildman–Crippen LogP) is 2.89. The van der Waals surface area contributed by atoms with E-state index in [1.807, 2.05) is 0 Å². The summed E-state index contributed by atoms with van der Waals surface area (Å²) in [6.45, 7) is -0.148. The number of hydrogen-bond donors (Lipinski definition) is 2. The number of hydrogen-bond acceptors (Lipinski definition) is 3. The fourth-order valence-electron chi connectivity index (χ4n) is 1.64.